The molecule has 1 amide bonds. The molecule has 1 aromatic rings. The molecule has 2 rings (SSSR count). The third-order valence-electron chi connectivity index (χ3n) is 2.99. The van der Waals surface area contributed by atoms with E-state index in [0.29, 0.717) is 18.7 Å². The van der Waals surface area contributed by atoms with Crippen LogP contribution in [0.1, 0.15) is 10.4 Å². The molecule has 1 saturated heterocycles. The van der Waals surface area contributed by atoms with Crippen molar-refractivity contribution in [3.8, 4) is 5.88 Å². The largest absolute Gasteiger partial charge is 0.480 e. The van der Waals surface area contributed by atoms with Gasteiger partial charge in [0.2, 0.25) is 5.88 Å². The number of rotatable bonds is 3. The molecule has 8 heteroatoms. The monoisotopic (exact) mass is 280 g/mol. The van der Waals surface area contributed by atoms with Gasteiger partial charge in [-0.1, -0.05) is 5.16 Å². The van der Waals surface area contributed by atoms with E-state index >= 15 is 0 Å². The number of pyridine rings is 1. The lowest BCUT2D eigenvalue weighted by molar-refractivity contribution is 0.00658. The highest BCUT2D eigenvalue weighted by molar-refractivity contribution is 5.97. The summed E-state index contributed by atoms with van der Waals surface area (Å²) < 4.78 is 10.4. The van der Waals surface area contributed by atoms with Gasteiger partial charge in [-0.15, -0.1) is 0 Å². The summed E-state index contributed by atoms with van der Waals surface area (Å²) in [5.41, 5.74) is 5.88. The van der Waals surface area contributed by atoms with Crippen LogP contribution in [-0.4, -0.2) is 59.7 Å². The summed E-state index contributed by atoms with van der Waals surface area (Å²) >= 11 is 0. The Labute approximate surface area is 115 Å². The first-order valence-electron chi connectivity index (χ1n) is 6.04. The van der Waals surface area contributed by atoms with E-state index in [1.807, 2.05) is 0 Å². The van der Waals surface area contributed by atoms with Crippen LogP contribution in [0.3, 0.4) is 0 Å². The van der Waals surface area contributed by atoms with E-state index < -0.39 is 6.10 Å². The number of amides is 1. The number of amidine groups is 1. The molecule has 1 atom stereocenters. The smallest absolute Gasteiger partial charge is 0.259 e. The molecule has 0 aromatic carbocycles. The van der Waals surface area contributed by atoms with Crippen molar-refractivity contribution in [2.75, 3.05) is 26.8 Å². The Morgan fingerprint density at radius 3 is 3.20 bits per heavy atom. The lowest BCUT2D eigenvalue weighted by atomic mass is 10.2. The lowest BCUT2D eigenvalue weighted by Gasteiger charge is -2.32. The molecule has 0 spiro atoms. The first-order chi connectivity index (χ1) is 9.67. The molecule has 20 heavy (non-hydrogen) atoms. The summed E-state index contributed by atoms with van der Waals surface area (Å²) in [4.78, 5) is 18.0. The van der Waals surface area contributed by atoms with E-state index in [1.54, 1.807) is 23.2 Å². The lowest BCUT2D eigenvalue weighted by Crippen LogP contribution is -2.50. The van der Waals surface area contributed by atoms with Gasteiger partial charge in [0.25, 0.3) is 5.91 Å². The second-order valence-corrected chi connectivity index (χ2v) is 4.20. The predicted molar refractivity (Wildman–Crippen MR) is 69.8 cm³/mol. The second kappa shape index (κ2) is 6.20. The fourth-order valence-corrected chi connectivity index (χ4v) is 1.96. The minimum absolute atomic E-state index is 0.0550. The molecule has 0 bridgehead atoms. The highest BCUT2D eigenvalue weighted by Gasteiger charge is 2.29. The minimum Gasteiger partial charge on any atom is -0.480 e. The van der Waals surface area contributed by atoms with Gasteiger partial charge >= 0.3 is 0 Å². The van der Waals surface area contributed by atoms with Crippen molar-refractivity contribution in [1.29, 1.82) is 0 Å². The van der Waals surface area contributed by atoms with Gasteiger partial charge in [0.1, 0.15) is 11.7 Å². The highest BCUT2D eigenvalue weighted by atomic mass is 16.5. The number of nitrogens with two attached hydrogens (primary N) is 1. The van der Waals surface area contributed by atoms with Crippen LogP contribution in [0.25, 0.3) is 0 Å². The van der Waals surface area contributed by atoms with Gasteiger partial charge < -0.3 is 25.3 Å². The summed E-state index contributed by atoms with van der Waals surface area (Å²) in [6.07, 6.45) is 0.939. The van der Waals surface area contributed by atoms with Crippen LogP contribution < -0.4 is 10.5 Å². The minimum atomic E-state index is -0.611. The molecule has 0 aliphatic carbocycles. The SMILES string of the molecule is COc1ncccc1C(=O)N1CCOC(C(N)=NO)C1. The third kappa shape index (κ3) is 2.80. The van der Waals surface area contributed by atoms with E-state index in [2.05, 4.69) is 10.1 Å². The fraction of sp³-hybridized carbons (Fsp3) is 0.417. The van der Waals surface area contributed by atoms with E-state index in [0.717, 1.165) is 0 Å². The molecule has 1 aliphatic heterocycles. The predicted octanol–water partition coefficient (Wildman–Crippen LogP) is -0.322. The van der Waals surface area contributed by atoms with Crippen LogP contribution in [-0.2, 0) is 4.74 Å². The van der Waals surface area contributed by atoms with Crippen LogP contribution in [0.2, 0.25) is 0 Å². The molecule has 108 valence electrons. The van der Waals surface area contributed by atoms with E-state index in [9.17, 15) is 4.79 Å². The van der Waals surface area contributed by atoms with Crippen LogP contribution in [0, 0.1) is 0 Å². The quantitative estimate of drug-likeness (QED) is 0.340. The zero-order chi connectivity index (χ0) is 14.5. The normalized spacial score (nSPS) is 19.8. The summed E-state index contributed by atoms with van der Waals surface area (Å²) in [5.74, 6) is -0.0148. The van der Waals surface area contributed by atoms with Gasteiger partial charge in [0.05, 0.1) is 20.3 Å². The molecular weight excluding hydrogens is 264 g/mol. The third-order valence-corrected chi connectivity index (χ3v) is 2.99. The number of ether oxygens (including phenoxy) is 2. The van der Waals surface area contributed by atoms with Crippen molar-refractivity contribution in [2.24, 2.45) is 10.9 Å². The van der Waals surface area contributed by atoms with Crippen LogP contribution in [0.15, 0.2) is 23.5 Å². The van der Waals surface area contributed by atoms with E-state index in [4.69, 9.17) is 20.4 Å². The maximum Gasteiger partial charge on any atom is 0.259 e. The average Bonchev–Trinajstić information content (AvgIpc) is 2.53. The summed E-state index contributed by atoms with van der Waals surface area (Å²) in [6, 6.07) is 3.30. The van der Waals surface area contributed by atoms with Gasteiger partial charge in [-0.2, -0.15) is 0 Å². The summed E-state index contributed by atoms with van der Waals surface area (Å²) in [7, 11) is 1.46. The van der Waals surface area contributed by atoms with Crippen molar-refractivity contribution in [3.05, 3.63) is 23.9 Å². The molecule has 2 heterocycles. The Morgan fingerprint density at radius 1 is 1.70 bits per heavy atom. The molecule has 8 nitrogen and oxygen atoms in total. The van der Waals surface area contributed by atoms with E-state index in [-0.39, 0.29) is 24.2 Å². The number of methoxy groups -OCH3 is 1. The molecule has 1 aliphatic rings. The highest BCUT2D eigenvalue weighted by Crippen LogP contribution is 2.18. The Kier molecular flexibility index (Phi) is 4.36. The first kappa shape index (κ1) is 14.1. The second-order valence-electron chi connectivity index (χ2n) is 4.20. The average molecular weight is 280 g/mol. The molecular formula is C12H16N4O4. The fourth-order valence-electron chi connectivity index (χ4n) is 1.96. The number of morpholine rings is 1. The Balaban J connectivity index is 2.16. The summed E-state index contributed by atoms with van der Waals surface area (Å²) in [6.45, 7) is 0.952. The van der Waals surface area contributed by atoms with Gasteiger partial charge in [-0.25, -0.2) is 4.98 Å². The van der Waals surface area contributed by atoms with E-state index in [1.165, 1.54) is 7.11 Å². The zero-order valence-electron chi connectivity index (χ0n) is 11.0. The van der Waals surface area contributed by atoms with Crippen molar-refractivity contribution < 1.29 is 19.5 Å². The number of carbonyl (C=O) groups is 1. The molecule has 3 N–H and O–H groups in total. The van der Waals surface area contributed by atoms with Crippen LogP contribution in [0.4, 0.5) is 0 Å². The van der Waals surface area contributed by atoms with Gasteiger partial charge in [-0.3, -0.25) is 4.79 Å². The van der Waals surface area contributed by atoms with Crippen molar-refractivity contribution in [2.45, 2.75) is 6.10 Å². The maximum absolute atomic E-state index is 12.4. The maximum atomic E-state index is 12.4. The number of hydrogen-bond acceptors (Lipinski definition) is 6. The Bertz CT molecular complexity index is 520. The number of aromatic nitrogens is 1. The van der Waals surface area contributed by atoms with Crippen LogP contribution in [0.5, 0.6) is 5.88 Å². The number of carbonyl (C=O) groups excluding carboxylic acids is 1. The molecule has 1 fully saturated rings. The van der Waals surface area contributed by atoms with Gasteiger partial charge in [0.15, 0.2) is 5.84 Å². The number of hydrogen-bond donors (Lipinski definition) is 2. The number of nitrogens with zero attached hydrogens (tertiary/aromatic N) is 3. The Morgan fingerprint density at radius 2 is 2.50 bits per heavy atom. The zero-order valence-corrected chi connectivity index (χ0v) is 11.0. The first-order valence-corrected chi connectivity index (χ1v) is 6.04. The van der Waals surface area contributed by atoms with Crippen LogP contribution >= 0.6 is 0 Å². The van der Waals surface area contributed by atoms with Gasteiger partial charge in [-0.05, 0) is 12.1 Å². The van der Waals surface area contributed by atoms with Crippen molar-refractivity contribution >= 4 is 11.7 Å². The van der Waals surface area contributed by atoms with Crippen molar-refractivity contribution in [1.82, 2.24) is 9.88 Å². The topological polar surface area (TPSA) is 110 Å². The molecule has 1 aromatic heterocycles. The molecule has 0 saturated carbocycles. The summed E-state index contributed by atoms with van der Waals surface area (Å²) in [5, 5.41) is 11.6. The Hall–Kier alpha value is -2.35. The molecule has 0 radical (unpaired) electrons. The standard InChI is InChI=1S/C12H16N4O4/c1-19-11-8(3-2-4-14-11)12(17)16-5-6-20-9(7-16)10(13)15-18/h2-4,9,18H,5-7H2,1H3,(H2,13,15). The molecule has 1 unspecified atom stereocenters. The van der Waals surface area contributed by atoms with Gasteiger partial charge in [0, 0.05) is 12.7 Å². The number of oxime groups is 1. The van der Waals surface area contributed by atoms with Crippen molar-refractivity contribution in [3.63, 3.8) is 0 Å².